The van der Waals surface area contributed by atoms with Crippen LogP contribution in [-0.2, 0) is 0 Å². The smallest absolute Gasteiger partial charge is 0.251 e. The first-order valence-electron chi connectivity index (χ1n) is 6.74. The second-order valence-electron chi connectivity index (χ2n) is 5.59. The van der Waals surface area contributed by atoms with Crippen LogP contribution in [0, 0.1) is 0 Å². The lowest BCUT2D eigenvalue weighted by Crippen LogP contribution is -2.52. The molecule has 1 aromatic rings. The summed E-state index contributed by atoms with van der Waals surface area (Å²) < 4.78 is 10.7. The topological polar surface area (TPSA) is 88.0 Å². The molecule has 0 aromatic heterocycles. The van der Waals surface area contributed by atoms with Crippen molar-refractivity contribution in [3.8, 4) is 11.5 Å². The van der Waals surface area contributed by atoms with Crippen LogP contribution in [0.15, 0.2) is 12.1 Å². The summed E-state index contributed by atoms with van der Waals surface area (Å²) in [5.74, 6) is 1.05. The molecule has 4 rings (SSSR count). The Labute approximate surface area is 115 Å². The highest BCUT2D eigenvalue weighted by molar-refractivity contribution is 5.98. The van der Waals surface area contributed by atoms with E-state index in [-0.39, 0.29) is 24.7 Å². The van der Waals surface area contributed by atoms with Gasteiger partial charge in [-0.2, -0.15) is 0 Å². The van der Waals surface area contributed by atoms with Crippen molar-refractivity contribution in [2.45, 2.75) is 37.0 Å². The van der Waals surface area contributed by atoms with Crippen molar-refractivity contribution < 1.29 is 24.5 Å². The summed E-state index contributed by atoms with van der Waals surface area (Å²) in [6.45, 7) is 0.162. The van der Waals surface area contributed by atoms with Gasteiger partial charge in [0.1, 0.15) is 0 Å². The van der Waals surface area contributed by atoms with Gasteiger partial charge < -0.3 is 25.0 Å². The van der Waals surface area contributed by atoms with Gasteiger partial charge in [0.2, 0.25) is 6.79 Å². The third-order valence-corrected chi connectivity index (χ3v) is 4.43. The molecule has 3 N–H and O–H groups in total. The lowest BCUT2D eigenvalue weighted by Gasteiger charge is -2.41. The second kappa shape index (κ2) is 4.10. The summed E-state index contributed by atoms with van der Waals surface area (Å²) in [5, 5.41) is 22.6. The summed E-state index contributed by atoms with van der Waals surface area (Å²) in [6.07, 6.45) is -0.749. The Bertz CT molecular complexity index is 587. The molecule has 2 aliphatic heterocycles. The molecule has 4 atom stereocenters. The molecular formula is C14H15NO5. The molecule has 6 nitrogen and oxygen atoms in total. The van der Waals surface area contributed by atoms with Crippen LogP contribution in [0.25, 0.3) is 0 Å². The normalized spacial score (nSPS) is 34.2. The van der Waals surface area contributed by atoms with Crippen molar-refractivity contribution in [2.24, 2.45) is 0 Å². The molecule has 2 heterocycles. The molecule has 1 saturated carbocycles. The van der Waals surface area contributed by atoms with Gasteiger partial charge in [-0.1, -0.05) is 0 Å². The van der Waals surface area contributed by atoms with Crippen LogP contribution in [0.5, 0.6) is 11.5 Å². The van der Waals surface area contributed by atoms with Crippen LogP contribution in [0.4, 0.5) is 0 Å². The van der Waals surface area contributed by atoms with Gasteiger partial charge >= 0.3 is 0 Å². The summed E-state index contributed by atoms with van der Waals surface area (Å²) >= 11 is 0. The maximum Gasteiger partial charge on any atom is 0.251 e. The number of aliphatic hydroxyl groups excluding tert-OH is 2. The Balaban J connectivity index is 1.80. The molecule has 20 heavy (non-hydrogen) atoms. The standard InChI is InChI=1S/C14H15NO5/c16-10-1-7-6-2-12-13(20-5-19-12)3-8(6)14(18)15-9(7)4-11(10)17/h2-3,7,9-11,16-17H,1,4-5H2,(H,15,18)/t7-,9+,10-,11+/m1/s1. The van der Waals surface area contributed by atoms with Crippen LogP contribution in [0.1, 0.15) is 34.7 Å². The number of amides is 1. The van der Waals surface area contributed by atoms with E-state index in [1.807, 2.05) is 6.07 Å². The number of ether oxygens (including phenoxy) is 2. The van der Waals surface area contributed by atoms with Gasteiger partial charge in [-0.05, 0) is 30.5 Å². The zero-order valence-electron chi connectivity index (χ0n) is 10.7. The second-order valence-corrected chi connectivity index (χ2v) is 5.59. The van der Waals surface area contributed by atoms with E-state index < -0.39 is 12.2 Å². The van der Waals surface area contributed by atoms with Crippen molar-refractivity contribution in [1.82, 2.24) is 5.32 Å². The van der Waals surface area contributed by atoms with Crippen LogP contribution in [0.3, 0.4) is 0 Å². The first-order chi connectivity index (χ1) is 9.63. The highest BCUT2D eigenvalue weighted by atomic mass is 16.7. The highest BCUT2D eigenvalue weighted by Gasteiger charge is 2.42. The molecule has 0 spiro atoms. The number of benzene rings is 1. The maximum absolute atomic E-state index is 12.2. The summed E-state index contributed by atoms with van der Waals surface area (Å²) in [7, 11) is 0. The Kier molecular flexibility index (Phi) is 2.46. The number of rotatable bonds is 0. The molecule has 0 saturated heterocycles. The first kappa shape index (κ1) is 12.0. The first-order valence-corrected chi connectivity index (χ1v) is 6.74. The van der Waals surface area contributed by atoms with E-state index in [4.69, 9.17) is 9.47 Å². The van der Waals surface area contributed by atoms with Crippen molar-refractivity contribution in [2.75, 3.05) is 6.79 Å². The fraction of sp³-hybridized carbons (Fsp3) is 0.500. The van der Waals surface area contributed by atoms with E-state index in [1.165, 1.54) is 0 Å². The average Bonchev–Trinajstić information content (AvgIpc) is 2.87. The van der Waals surface area contributed by atoms with Crippen LogP contribution in [-0.4, -0.2) is 41.2 Å². The molecule has 0 bridgehead atoms. The molecule has 3 aliphatic rings. The van der Waals surface area contributed by atoms with Crippen LogP contribution < -0.4 is 14.8 Å². The SMILES string of the molecule is O=C1N[C@H]2C[C@H](O)[C@H](O)C[C@@H]2c2cc3c(cc21)OCO3. The fourth-order valence-corrected chi connectivity index (χ4v) is 3.37. The Hall–Kier alpha value is -1.79. The number of aliphatic hydroxyl groups is 2. The monoisotopic (exact) mass is 277 g/mol. The van der Waals surface area contributed by atoms with E-state index in [0.717, 1.165) is 5.56 Å². The van der Waals surface area contributed by atoms with E-state index in [0.29, 0.717) is 29.9 Å². The Morgan fingerprint density at radius 2 is 1.80 bits per heavy atom. The Morgan fingerprint density at radius 1 is 1.10 bits per heavy atom. The largest absolute Gasteiger partial charge is 0.454 e. The predicted molar refractivity (Wildman–Crippen MR) is 67.8 cm³/mol. The number of fused-ring (bicyclic) bond motifs is 4. The minimum atomic E-state index is -0.785. The molecule has 1 amide bonds. The fourth-order valence-electron chi connectivity index (χ4n) is 3.37. The zero-order valence-corrected chi connectivity index (χ0v) is 10.7. The molecule has 1 aliphatic carbocycles. The van der Waals surface area contributed by atoms with Crippen molar-refractivity contribution in [3.05, 3.63) is 23.3 Å². The van der Waals surface area contributed by atoms with E-state index >= 15 is 0 Å². The van der Waals surface area contributed by atoms with Gasteiger partial charge in [0.25, 0.3) is 5.91 Å². The van der Waals surface area contributed by atoms with Gasteiger partial charge in [-0.25, -0.2) is 0 Å². The molecule has 6 heteroatoms. The van der Waals surface area contributed by atoms with Gasteiger partial charge in [-0.15, -0.1) is 0 Å². The van der Waals surface area contributed by atoms with Gasteiger partial charge in [0.15, 0.2) is 11.5 Å². The molecule has 106 valence electrons. The van der Waals surface area contributed by atoms with Crippen LogP contribution in [0.2, 0.25) is 0 Å². The van der Waals surface area contributed by atoms with Crippen molar-refractivity contribution in [1.29, 1.82) is 0 Å². The molecule has 0 unspecified atom stereocenters. The highest BCUT2D eigenvalue weighted by Crippen LogP contribution is 2.43. The van der Waals surface area contributed by atoms with Crippen LogP contribution >= 0.6 is 0 Å². The van der Waals surface area contributed by atoms with E-state index in [1.54, 1.807) is 6.07 Å². The molecule has 1 aromatic carbocycles. The minimum absolute atomic E-state index is 0.00407. The lowest BCUT2D eigenvalue weighted by atomic mass is 9.73. The molecule has 0 radical (unpaired) electrons. The summed E-state index contributed by atoms with van der Waals surface area (Å²) in [4.78, 5) is 12.2. The Morgan fingerprint density at radius 3 is 2.60 bits per heavy atom. The van der Waals surface area contributed by atoms with Gasteiger partial charge in [-0.3, -0.25) is 4.79 Å². The maximum atomic E-state index is 12.2. The van der Waals surface area contributed by atoms with Gasteiger partial charge in [0, 0.05) is 17.5 Å². The summed E-state index contributed by atoms with van der Waals surface area (Å²) in [6, 6.07) is 3.38. The number of carbonyl (C=O) groups is 1. The third kappa shape index (κ3) is 1.61. The minimum Gasteiger partial charge on any atom is -0.454 e. The average molecular weight is 277 g/mol. The number of nitrogens with one attached hydrogen (secondary N) is 1. The third-order valence-electron chi connectivity index (χ3n) is 4.43. The molecule has 1 fully saturated rings. The number of carbonyl (C=O) groups excluding carboxylic acids is 1. The number of hydrogen-bond donors (Lipinski definition) is 3. The van der Waals surface area contributed by atoms with Gasteiger partial charge in [0.05, 0.1) is 12.2 Å². The van der Waals surface area contributed by atoms with Crippen molar-refractivity contribution >= 4 is 5.91 Å². The predicted octanol–water partition coefficient (Wildman–Crippen LogP) is 0.126. The summed E-state index contributed by atoms with van der Waals surface area (Å²) in [5.41, 5.74) is 1.44. The van der Waals surface area contributed by atoms with E-state index in [9.17, 15) is 15.0 Å². The molecular weight excluding hydrogens is 262 g/mol. The lowest BCUT2D eigenvalue weighted by molar-refractivity contribution is -0.0259. The number of hydrogen-bond acceptors (Lipinski definition) is 5. The van der Waals surface area contributed by atoms with E-state index in [2.05, 4.69) is 5.32 Å². The van der Waals surface area contributed by atoms with Crippen molar-refractivity contribution in [3.63, 3.8) is 0 Å². The zero-order chi connectivity index (χ0) is 13.9. The quantitative estimate of drug-likeness (QED) is 0.627.